The van der Waals surface area contributed by atoms with Crippen LogP contribution in [0.15, 0.2) is 131 Å². The van der Waals surface area contributed by atoms with Crippen LogP contribution in [0.1, 0.15) is 0 Å². The van der Waals surface area contributed by atoms with Crippen LogP contribution in [0.25, 0.3) is 5.69 Å². The molecule has 0 saturated heterocycles. The first kappa shape index (κ1) is 19.6. The molecule has 0 aliphatic carbocycles. The van der Waals surface area contributed by atoms with Crippen LogP contribution in [0.4, 0.5) is 0 Å². The summed E-state index contributed by atoms with van der Waals surface area (Å²) in [4.78, 5) is 14.7. The first-order chi connectivity index (χ1) is 15.3. The minimum absolute atomic E-state index is 0.379. The molecule has 5 aromatic rings. The van der Waals surface area contributed by atoms with Gasteiger partial charge in [-0.1, -0.05) is 0 Å². The van der Waals surface area contributed by atoms with Crippen molar-refractivity contribution in [3.8, 4) is 5.69 Å². The van der Waals surface area contributed by atoms with Gasteiger partial charge in [-0.05, 0) is 0 Å². The van der Waals surface area contributed by atoms with Gasteiger partial charge >= 0.3 is 185 Å². The number of rotatable bonds is 5. The van der Waals surface area contributed by atoms with Crippen molar-refractivity contribution in [2.24, 2.45) is 0 Å². The van der Waals surface area contributed by atoms with Gasteiger partial charge in [-0.25, -0.2) is 0 Å². The summed E-state index contributed by atoms with van der Waals surface area (Å²) in [5.74, 6) is 0. The second kappa shape index (κ2) is 8.39. The van der Waals surface area contributed by atoms with Crippen LogP contribution < -0.4 is 20.1 Å². The summed E-state index contributed by atoms with van der Waals surface area (Å²) < 4.78 is 9.66. The van der Waals surface area contributed by atoms with E-state index in [1.165, 1.54) is 4.85 Å². The quantitative estimate of drug-likeness (QED) is 0.341. The summed E-state index contributed by atoms with van der Waals surface area (Å²) in [5.41, 5.74) is 0.344. The molecule has 31 heavy (non-hydrogen) atoms. The molecule has 0 spiro atoms. The molecule has 150 valence electrons. The summed E-state index contributed by atoms with van der Waals surface area (Å²) >= 11 is -4.05. The monoisotopic (exact) mass is 512 g/mol. The van der Waals surface area contributed by atoms with Crippen LogP contribution in [0, 0.1) is 0 Å². The average Bonchev–Trinajstić information content (AvgIpc) is 3.24. The van der Waals surface area contributed by atoms with Crippen molar-refractivity contribution in [3.05, 3.63) is 132 Å². The molecule has 0 N–H and O–H groups in total. The van der Waals surface area contributed by atoms with Gasteiger partial charge in [0.1, 0.15) is 0 Å². The molecule has 4 nitrogen and oxygen atoms in total. The van der Waals surface area contributed by atoms with Gasteiger partial charge in [0.25, 0.3) is 0 Å². The van der Waals surface area contributed by atoms with Gasteiger partial charge in [0, 0.05) is 0 Å². The predicted molar refractivity (Wildman–Crippen MR) is 126 cm³/mol. The first-order valence-corrected chi connectivity index (χ1v) is 15.8. The molecule has 0 unspecified atom stereocenters. The number of aromatic nitrogens is 2. The number of hydrogen-bond donors (Lipinski definition) is 0. The summed E-state index contributed by atoms with van der Waals surface area (Å²) in [6.45, 7) is 0. The fourth-order valence-corrected chi connectivity index (χ4v) is 17.0. The van der Waals surface area contributed by atoms with Gasteiger partial charge in [0.15, 0.2) is 0 Å². The first-order valence-electron chi connectivity index (χ1n) is 10.1. The topological polar surface area (TPSA) is 48.0 Å². The van der Waals surface area contributed by atoms with E-state index in [1.807, 2.05) is 84.9 Å². The molecular weight excluding hydrogens is 491 g/mol. The van der Waals surface area contributed by atoms with Crippen LogP contribution in [0.3, 0.4) is 0 Å². The molecule has 0 radical (unpaired) electrons. The van der Waals surface area contributed by atoms with Crippen molar-refractivity contribution in [2.45, 2.75) is 0 Å². The Labute approximate surface area is 184 Å². The summed E-state index contributed by atoms with van der Waals surface area (Å²) in [7, 11) is 0. The minimum atomic E-state index is -4.05. The van der Waals surface area contributed by atoms with Gasteiger partial charge in [0.05, 0.1) is 0 Å². The Morgan fingerprint density at radius 3 is 1.39 bits per heavy atom. The van der Waals surface area contributed by atoms with Crippen LogP contribution >= 0.6 is 0 Å². The molecule has 5 heteroatoms. The molecule has 0 amide bonds. The number of hydrogen-bond acceptors (Lipinski definition) is 3. The molecule has 0 bridgehead atoms. The molecular formula is C26H20N2O2Sn. The van der Waals surface area contributed by atoms with Gasteiger partial charge in [-0.15, -0.1) is 0 Å². The third-order valence-corrected chi connectivity index (χ3v) is 18.7. The third kappa shape index (κ3) is 3.43. The second-order valence-electron chi connectivity index (χ2n) is 7.28. The Bertz CT molecular complexity index is 1240. The van der Waals surface area contributed by atoms with E-state index in [1.54, 1.807) is 0 Å². The SMILES string of the molecule is O=c1on(-c2ccccc2)n[c]1[Sn]([c]1ccccc1)([c]1ccccc1)[c]1ccccc1. The summed E-state index contributed by atoms with van der Waals surface area (Å²) in [5, 5.41) is 4.81. The Morgan fingerprint density at radius 1 is 0.581 bits per heavy atom. The fourth-order valence-electron chi connectivity index (χ4n) is 4.14. The molecule has 0 saturated carbocycles. The van der Waals surface area contributed by atoms with E-state index < -0.39 is 18.4 Å². The summed E-state index contributed by atoms with van der Waals surface area (Å²) in [6, 6.07) is 40.4. The van der Waals surface area contributed by atoms with Gasteiger partial charge in [-0.2, -0.15) is 0 Å². The maximum absolute atomic E-state index is 13.4. The average molecular weight is 511 g/mol. The number of benzene rings is 4. The van der Waals surface area contributed by atoms with E-state index >= 15 is 0 Å². The van der Waals surface area contributed by atoms with E-state index in [0.717, 1.165) is 16.4 Å². The van der Waals surface area contributed by atoms with Crippen molar-refractivity contribution in [1.82, 2.24) is 9.95 Å². The standard InChI is InChI=1S/C8H5N2O2.3C6H5.Sn/c11-8-6-9-10(12-8)7-4-2-1-3-5-7;3*1-2-4-6-5-3-1;/h1-5H;3*1-5H;. The zero-order valence-electron chi connectivity index (χ0n) is 16.8. The zero-order valence-corrected chi connectivity index (χ0v) is 19.6. The van der Waals surface area contributed by atoms with Crippen molar-refractivity contribution < 1.29 is 4.52 Å². The number of nitrogens with zero attached hydrogens (tertiary/aromatic N) is 2. The third-order valence-electron chi connectivity index (χ3n) is 5.51. The van der Waals surface area contributed by atoms with Crippen LogP contribution in [0.2, 0.25) is 0 Å². The van der Waals surface area contributed by atoms with Crippen molar-refractivity contribution >= 4 is 32.8 Å². The van der Waals surface area contributed by atoms with Crippen LogP contribution in [-0.4, -0.2) is 28.3 Å². The Morgan fingerprint density at radius 2 is 0.968 bits per heavy atom. The normalized spacial score (nSPS) is 11.4. The van der Waals surface area contributed by atoms with Crippen molar-refractivity contribution in [3.63, 3.8) is 0 Å². The van der Waals surface area contributed by atoms with Gasteiger partial charge < -0.3 is 0 Å². The zero-order chi connectivity index (χ0) is 21.1. The van der Waals surface area contributed by atoms with E-state index in [0.29, 0.717) is 3.71 Å². The maximum atomic E-state index is 13.4. The van der Waals surface area contributed by atoms with E-state index in [9.17, 15) is 4.79 Å². The molecule has 1 heterocycles. The van der Waals surface area contributed by atoms with E-state index in [-0.39, 0.29) is 5.63 Å². The summed E-state index contributed by atoms with van der Waals surface area (Å²) in [6.07, 6.45) is 0. The molecule has 0 aliphatic heterocycles. The Hall–Kier alpha value is -3.38. The molecule has 4 aromatic carbocycles. The van der Waals surface area contributed by atoms with Gasteiger partial charge in [0.2, 0.25) is 0 Å². The molecule has 0 aliphatic rings. The number of para-hydroxylation sites is 1. The molecule has 1 aromatic heterocycles. The molecule has 0 fully saturated rings. The van der Waals surface area contributed by atoms with E-state index in [2.05, 4.69) is 36.4 Å². The van der Waals surface area contributed by atoms with E-state index in [4.69, 9.17) is 9.62 Å². The second-order valence-corrected chi connectivity index (χ2v) is 17.9. The van der Waals surface area contributed by atoms with Crippen LogP contribution in [0.5, 0.6) is 0 Å². The van der Waals surface area contributed by atoms with Crippen molar-refractivity contribution in [2.75, 3.05) is 0 Å². The Kier molecular flexibility index (Phi) is 5.30. The predicted octanol–water partition coefficient (Wildman–Crippen LogP) is 2.20. The fraction of sp³-hybridized carbons (Fsp3) is 0. The Balaban J connectivity index is 1.88. The molecule has 0 atom stereocenters. The molecule has 5 rings (SSSR count). The van der Waals surface area contributed by atoms with Crippen LogP contribution in [-0.2, 0) is 0 Å². The van der Waals surface area contributed by atoms with Crippen molar-refractivity contribution in [1.29, 1.82) is 0 Å². The van der Waals surface area contributed by atoms with Gasteiger partial charge in [-0.3, -0.25) is 0 Å².